The van der Waals surface area contributed by atoms with Gasteiger partial charge in [0.25, 0.3) is 0 Å². The van der Waals surface area contributed by atoms with Gasteiger partial charge in [0.1, 0.15) is 0 Å². The largest absolute Gasteiger partial charge is 0.392 e. The van der Waals surface area contributed by atoms with Crippen LogP contribution in [0.2, 0.25) is 0 Å². The Morgan fingerprint density at radius 2 is 1.82 bits per heavy atom. The summed E-state index contributed by atoms with van der Waals surface area (Å²) in [5, 5.41) is 9.04. The Morgan fingerprint density at radius 3 is 2.35 bits per heavy atom. The highest BCUT2D eigenvalue weighted by Gasteiger charge is 2.30. The number of hydrogen-bond donors (Lipinski definition) is 1. The minimum Gasteiger partial charge on any atom is -0.392 e. The van der Waals surface area contributed by atoms with Crippen LogP contribution in [0.5, 0.6) is 0 Å². The lowest BCUT2D eigenvalue weighted by Gasteiger charge is -2.46. The van der Waals surface area contributed by atoms with E-state index >= 15 is 0 Å². The van der Waals surface area contributed by atoms with Crippen molar-refractivity contribution in [2.45, 2.75) is 26.0 Å². The lowest BCUT2D eigenvalue weighted by molar-refractivity contribution is 0.139. The van der Waals surface area contributed by atoms with Crippen molar-refractivity contribution >= 4 is 5.69 Å². The zero-order valence-electron chi connectivity index (χ0n) is 11.0. The SMILES string of the molecule is CN1CCN(c2ccc(CO)cc2)CC1(C)C. The molecule has 0 aromatic heterocycles. The van der Waals surface area contributed by atoms with Gasteiger partial charge >= 0.3 is 0 Å². The summed E-state index contributed by atoms with van der Waals surface area (Å²) in [7, 11) is 2.19. The molecule has 94 valence electrons. The first-order chi connectivity index (χ1) is 8.03. The van der Waals surface area contributed by atoms with E-state index in [-0.39, 0.29) is 12.1 Å². The van der Waals surface area contributed by atoms with Crippen molar-refractivity contribution in [3.63, 3.8) is 0 Å². The highest BCUT2D eigenvalue weighted by Crippen LogP contribution is 2.24. The Labute approximate surface area is 104 Å². The second kappa shape index (κ2) is 4.67. The Bertz CT molecular complexity index is 372. The van der Waals surface area contributed by atoms with E-state index in [2.05, 4.69) is 42.8 Å². The maximum Gasteiger partial charge on any atom is 0.0681 e. The number of aliphatic hydroxyl groups excluding tert-OH is 1. The van der Waals surface area contributed by atoms with E-state index in [1.165, 1.54) is 5.69 Å². The lowest BCUT2D eigenvalue weighted by atomic mass is 9.99. The van der Waals surface area contributed by atoms with Crippen LogP contribution in [0.3, 0.4) is 0 Å². The molecule has 0 radical (unpaired) electrons. The summed E-state index contributed by atoms with van der Waals surface area (Å²) < 4.78 is 0. The van der Waals surface area contributed by atoms with E-state index in [1.54, 1.807) is 0 Å². The van der Waals surface area contributed by atoms with Crippen LogP contribution >= 0.6 is 0 Å². The molecular formula is C14H22N2O. The van der Waals surface area contributed by atoms with Crippen LogP contribution in [0.1, 0.15) is 19.4 Å². The molecule has 0 atom stereocenters. The van der Waals surface area contributed by atoms with Crippen LogP contribution in [-0.2, 0) is 6.61 Å². The highest BCUT2D eigenvalue weighted by molar-refractivity contribution is 5.48. The Balaban J connectivity index is 2.12. The second-order valence-electron chi connectivity index (χ2n) is 5.48. The third-order valence-electron chi connectivity index (χ3n) is 3.80. The van der Waals surface area contributed by atoms with Gasteiger partial charge in [-0.15, -0.1) is 0 Å². The predicted octanol–water partition coefficient (Wildman–Crippen LogP) is 1.71. The fraction of sp³-hybridized carbons (Fsp3) is 0.571. The molecular weight excluding hydrogens is 212 g/mol. The number of nitrogens with zero attached hydrogens (tertiary/aromatic N) is 2. The second-order valence-corrected chi connectivity index (χ2v) is 5.48. The summed E-state index contributed by atoms with van der Waals surface area (Å²) in [6.07, 6.45) is 0. The van der Waals surface area contributed by atoms with Gasteiger partial charge in [0.2, 0.25) is 0 Å². The van der Waals surface area contributed by atoms with Crippen LogP contribution in [0, 0.1) is 0 Å². The van der Waals surface area contributed by atoms with Gasteiger partial charge in [-0.25, -0.2) is 0 Å². The maximum absolute atomic E-state index is 9.04. The Kier molecular flexibility index (Phi) is 3.40. The molecule has 0 aliphatic carbocycles. The number of benzene rings is 1. The molecule has 1 aliphatic rings. The maximum atomic E-state index is 9.04. The normalized spacial score (nSPS) is 20.6. The summed E-state index contributed by atoms with van der Waals surface area (Å²) in [5.41, 5.74) is 2.44. The minimum atomic E-state index is 0.120. The molecule has 0 saturated carbocycles. The molecule has 17 heavy (non-hydrogen) atoms. The summed E-state index contributed by atoms with van der Waals surface area (Å²) in [6.45, 7) is 7.88. The minimum absolute atomic E-state index is 0.120. The van der Waals surface area contributed by atoms with Gasteiger partial charge in [-0.05, 0) is 38.6 Å². The van der Waals surface area contributed by atoms with E-state index < -0.39 is 0 Å². The van der Waals surface area contributed by atoms with Crippen molar-refractivity contribution < 1.29 is 5.11 Å². The van der Waals surface area contributed by atoms with Crippen LogP contribution in [-0.4, -0.2) is 42.2 Å². The van der Waals surface area contributed by atoms with Crippen LogP contribution < -0.4 is 4.90 Å². The molecule has 2 rings (SSSR count). The summed E-state index contributed by atoms with van der Waals surface area (Å²) in [4.78, 5) is 4.83. The first-order valence-corrected chi connectivity index (χ1v) is 6.19. The monoisotopic (exact) mass is 234 g/mol. The number of aliphatic hydroxyl groups is 1. The van der Waals surface area contributed by atoms with Gasteiger partial charge in [0.15, 0.2) is 0 Å². The number of rotatable bonds is 2. The van der Waals surface area contributed by atoms with Crippen molar-refractivity contribution in [1.82, 2.24) is 4.90 Å². The predicted molar refractivity (Wildman–Crippen MR) is 71.3 cm³/mol. The van der Waals surface area contributed by atoms with Gasteiger partial charge < -0.3 is 10.0 Å². The van der Waals surface area contributed by atoms with Gasteiger partial charge in [-0.1, -0.05) is 12.1 Å². The first kappa shape index (κ1) is 12.4. The molecule has 3 heteroatoms. The molecule has 1 aromatic carbocycles. The Morgan fingerprint density at radius 1 is 1.18 bits per heavy atom. The molecule has 1 aliphatic heterocycles. The molecule has 0 spiro atoms. The van der Waals surface area contributed by atoms with Gasteiger partial charge in [0.05, 0.1) is 6.61 Å². The lowest BCUT2D eigenvalue weighted by Crippen LogP contribution is -2.57. The van der Waals surface area contributed by atoms with E-state index in [1.807, 2.05) is 12.1 Å². The molecule has 0 bridgehead atoms. The molecule has 3 nitrogen and oxygen atoms in total. The molecule has 1 fully saturated rings. The smallest absolute Gasteiger partial charge is 0.0681 e. The quantitative estimate of drug-likeness (QED) is 0.844. The fourth-order valence-electron chi connectivity index (χ4n) is 2.27. The average molecular weight is 234 g/mol. The zero-order valence-corrected chi connectivity index (χ0v) is 11.0. The van der Waals surface area contributed by atoms with Crippen molar-refractivity contribution in [3.8, 4) is 0 Å². The zero-order chi connectivity index (χ0) is 12.5. The fourth-order valence-corrected chi connectivity index (χ4v) is 2.27. The average Bonchev–Trinajstić information content (AvgIpc) is 2.33. The van der Waals surface area contributed by atoms with E-state index in [4.69, 9.17) is 5.11 Å². The van der Waals surface area contributed by atoms with Crippen molar-refractivity contribution in [1.29, 1.82) is 0 Å². The van der Waals surface area contributed by atoms with E-state index in [9.17, 15) is 0 Å². The van der Waals surface area contributed by atoms with Gasteiger partial charge in [-0.3, -0.25) is 4.90 Å². The molecule has 0 unspecified atom stereocenters. The summed E-state index contributed by atoms with van der Waals surface area (Å²) >= 11 is 0. The molecule has 1 aromatic rings. The molecule has 0 amide bonds. The van der Waals surface area contributed by atoms with E-state index in [0.717, 1.165) is 25.2 Å². The van der Waals surface area contributed by atoms with Gasteiger partial charge in [-0.2, -0.15) is 0 Å². The summed E-state index contributed by atoms with van der Waals surface area (Å²) in [5.74, 6) is 0. The van der Waals surface area contributed by atoms with Crippen molar-refractivity contribution in [2.24, 2.45) is 0 Å². The number of likely N-dealkylation sites (N-methyl/N-ethyl adjacent to an activating group) is 1. The number of piperazine rings is 1. The van der Waals surface area contributed by atoms with Crippen LogP contribution in [0.4, 0.5) is 5.69 Å². The highest BCUT2D eigenvalue weighted by atomic mass is 16.3. The number of hydrogen-bond acceptors (Lipinski definition) is 3. The van der Waals surface area contributed by atoms with Crippen molar-refractivity contribution in [2.75, 3.05) is 31.6 Å². The molecule has 1 saturated heterocycles. The summed E-state index contributed by atoms with van der Waals surface area (Å²) in [6, 6.07) is 8.21. The number of anilines is 1. The van der Waals surface area contributed by atoms with Crippen LogP contribution in [0.25, 0.3) is 0 Å². The third-order valence-corrected chi connectivity index (χ3v) is 3.80. The standard InChI is InChI=1S/C14H22N2O/c1-14(2)11-16(9-8-15(14)3)13-6-4-12(10-17)5-7-13/h4-7,17H,8-11H2,1-3H3. The topological polar surface area (TPSA) is 26.7 Å². The van der Waals surface area contributed by atoms with Gasteiger partial charge in [0, 0.05) is 30.9 Å². The third kappa shape index (κ3) is 2.61. The Hall–Kier alpha value is -1.06. The molecule has 1 heterocycles. The van der Waals surface area contributed by atoms with Crippen LogP contribution in [0.15, 0.2) is 24.3 Å². The van der Waals surface area contributed by atoms with Crippen molar-refractivity contribution in [3.05, 3.63) is 29.8 Å². The first-order valence-electron chi connectivity index (χ1n) is 6.19. The van der Waals surface area contributed by atoms with E-state index in [0.29, 0.717) is 0 Å². The molecule has 1 N–H and O–H groups in total.